The first-order chi connectivity index (χ1) is 12.3. The fourth-order valence-corrected chi connectivity index (χ4v) is 2.94. The standard InChI is InChI=1S/C19H26N4O2/c24-18(21-9-4-12-23-13-10-20-11-14-23)7-8-19-22-15-17(25-19)16-5-2-1-3-6-16/h1-3,5-6,15,20H,4,7-14H2,(H,21,24). The van der Waals surface area contributed by atoms with E-state index in [4.69, 9.17) is 4.42 Å². The van der Waals surface area contributed by atoms with Crippen molar-refractivity contribution in [1.82, 2.24) is 20.5 Å². The van der Waals surface area contributed by atoms with Gasteiger partial charge in [-0.1, -0.05) is 30.3 Å². The van der Waals surface area contributed by atoms with Crippen molar-refractivity contribution in [3.8, 4) is 11.3 Å². The third-order valence-corrected chi connectivity index (χ3v) is 4.36. The number of amides is 1. The molecule has 0 radical (unpaired) electrons. The Balaban J connectivity index is 1.33. The van der Waals surface area contributed by atoms with Gasteiger partial charge in [0, 0.05) is 51.1 Å². The van der Waals surface area contributed by atoms with Gasteiger partial charge in [0.15, 0.2) is 11.7 Å². The van der Waals surface area contributed by atoms with Crippen LogP contribution >= 0.6 is 0 Å². The molecule has 2 N–H and O–H groups in total. The molecule has 0 atom stereocenters. The van der Waals surface area contributed by atoms with Crippen LogP contribution in [0.4, 0.5) is 0 Å². The van der Waals surface area contributed by atoms with Crippen molar-refractivity contribution in [1.29, 1.82) is 0 Å². The molecule has 0 saturated carbocycles. The maximum absolute atomic E-state index is 11.9. The van der Waals surface area contributed by atoms with E-state index in [1.165, 1.54) is 0 Å². The number of aryl methyl sites for hydroxylation is 1. The molecule has 1 aromatic heterocycles. The highest BCUT2D eigenvalue weighted by Gasteiger charge is 2.10. The zero-order chi connectivity index (χ0) is 17.3. The van der Waals surface area contributed by atoms with Gasteiger partial charge in [0.05, 0.1) is 6.20 Å². The number of hydrogen-bond donors (Lipinski definition) is 2. The summed E-state index contributed by atoms with van der Waals surface area (Å²) < 4.78 is 5.72. The quantitative estimate of drug-likeness (QED) is 0.715. The Morgan fingerprint density at radius 2 is 2.04 bits per heavy atom. The van der Waals surface area contributed by atoms with Crippen molar-refractivity contribution in [2.24, 2.45) is 0 Å². The molecule has 1 fully saturated rings. The fourth-order valence-electron chi connectivity index (χ4n) is 2.94. The number of nitrogens with one attached hydrogen (secondary N) is 2. The van der Waals surface area contributed by atoms with Gasteiger partial charge in [0.1, 0.15) is 0 Å². The zero-order valence-corrected chi connectivity index (χ0v) is 14.5. The topological polar surface area (TPSA) is 70.4 Å². The van der Waals surface area contributed by atoms with Crippen molar-refractivity contribution in [2.45, 2.75) is 19.3 Å². The molecule has 1 aromatic carbocycles. The number of rotatable bonds is 8. The monoisotopic (exact) mass is 342 g/mol. The van der Waals surface area contributed by atoms with E-state index in [1.54, 1.807) is 6.20 Å². The molecule has 0 bridgehead atoms. The van der Waals surface area contributed by atoms with E-state index in [0.29, 0.717) is 18.7 Å². The lowest BCUT2D eigenvalue weighted by molar-refractivity contribution is -0.121. The molecule has 6 heteroatoms. The number of aromatic nitrogens is 1. The molecule has 1 aliphatic rings. The van der Waals surface area contributed by atoms with Crippen LogP contribution in [0.1, 0.15) is 18.7 Å². The van der Waals surface area contributed by atoms with Crippen LogP contribution in [-0.2, 0) is 11.2 Å². The van der Waals surface area contributed by atoms with Gasteiger partial charge in [0.25, 0.3) is 0 Å². The molecule has 1 amide bonds. The van der Waals surface area contributed by atoms with Crippen molar-refractivity contribution in [2.75, 3.05) is 39.3 Å². The Bertz CT molecular complexity index is 650. The first kappa shape index (κ1) is 17.6. The first-order valence-electron chi connectivity index (χ1n) is 9.01. The average Bonchev–Trinajstić information content (AvgIpc) is 3.14. The number of hydrogen-bond acceptors (Lipinski definition) is 5. The van der Waals surface area contributed by atoms with Crippen molar-refractivity contribution >= 4 is 5.91 Å². The smallest absolute Gasteiger partial charge is 0.220 e. The zero-order valence-electron chi connectivity index (χ0n) is 14.5. The summed E-state index contributed by atoms with van der Waals surface area (Å²) in [6.07, 6.45) is 3.64. The summed E-state index contributed by atoms with van der Waals surface area (Å²) in [6, 6.07) is 9.86. The second-order valence-corrected chi connectivity index (χ2v) is 6.28. The highest BCUT2D eigenvalue weighted by molar-refractivity contribution is 5.76. The fraction of sp³-hybridized carbons (Fsp3) is 0.474. The Kier molecular flexibility index (Phi) is 6.59. The van der Waals surface area contributed by atoms with E-state index >= 15 is 0 Å². The molecular weight excluding hydrogens is 316 g/mol. The number of nitrogens with zero attached hydrogens (tertiary/aromatic N) is 2. The van der Waals surface area contributed by atoms with Gasteiger partial charge in [-0.3, -0.25) is 4.79 Å². The summed E-state index contributed by atoms with van der Waals surface area (Å²) in [7, 11) is 0. The van der Waals surface area contributed by atoms with E-state index in [-0.39, 0.29) is 5.91 Å². The largest absolute Gasteiger partial charge is 0.441 e. The van der Waals surface area contributed by atoms with Crippen LogP contribution in [0.5, 0.6) is 0 Å². The van der Waals surface area contributed by atoms with Crippen LogP contribution in [0.15, 0.2) is 40.9 Å². The van der Waals surface area contributed by atoms with Gasteiger partial charge in [-0.2, -0.15) is 0 Å². The Morgan fingerprint density at radius 1 is 1.24 bits per heavy atom. The lowest BCUT2D eigenvalue weighted by Gasteiger charge is -2.27. The minimum atomic E-state index is 0.0553. The molecule has 0 unspecified atom stereocenters. The van der Waals surface area contributed by atoms with E-state index in [2.05, 4.69) is 20.5 Å². The minimum Gasteiger partial charge on any atom is -0.441 e. The van der Waals surface area contributed by atoms with Crippen LogP contribution in [-0.4, -0.2) is 55.1 Å². The molecule has 134 valence electrons. The minimum absolute atomic E-state index is 0.0553. The molecule has 0 spiro atoms. The third kappa shape index (κ3) is 5.69. The first-order valence-corrected chi connectivity index (χ1v) is 9.01. The maximum Gasteiger partial charge on any atom is 0.220 e. The van der Waals surface area contributed by atoms with E-state index < -0.39 is 0 Å². The number of oxazole rings is 1. The summed E-state index contributed by atoms with van der Waals surface area (Å²) in [4.78, 5) is 18.6. The number of carbonyl (C=O) groups excluding carboxylic acids is 1. The van der Waals surface area contributed by atoms with Crippen LogP contribution in [0.25, 0.3) is 11.3 Å². The number of carbonyl (C=O) groups is 1. The Morgan fingerprint density at radius 3 is 2.84 bits per heavy atom. The lowest BCUT2D eigenvalue weighted by atomic mass is 10.2. The van der Waals surface area contributed by atoms with Crippen LogP contribution in [0.3, 0.4) is 0 Å². The molecule has 1 saturated heterocycles. The van der Waals surface area contributed by atoms with Crippen molar-refractivity contribution < 1.29 is 9.21 Å². The Labute approximate surface area is 148 Å². The van der Waals surface area contributed by atoms with Gasteiger partial charge >= 0.3 is 0 Å². The molecule has 2 heterocycles. The molecule has 1 aliphatic heterocycles. The Hall–Kier alpha value is -2.18. The van der Waals surface area contributed by atoms with E-state index in [0.717, 1.165) is 57.0 Å². The molecule has 3 rings (SSSR count). The average molecular weight is 342 g/mol. The van der Waals surface area contributed by atoms with Crippen LogP contribution in [0.2, 0.25) is 0 Å². The highest BCUT2D eigenvalue weighted by Crippen LogP contribution is 2.20. The van der Waals surface area contributed by atoms with E-state index in [1.807, 2.05) is 30.3 Å². The van der Waals surface area contributed by atoms with Gasteiger partial charge in [0.2, 0.25) is 5.91 Å². The molecule has 25 heavy (non-hydrogen) atoms. The van der Waals surface area contributed by atoms with Crippen molar-refractivity contribution in [3.63, 3.8) is 0 Å². The van der Waals surface area contributed by atoms with E-state index in [9.17, 15) is 4.79 Å². The molecule has 0 aliphatic carbocycles. The summed E-state index contributed by atoms with van der Waals surface area (Å²) in [5.41, 5.74) is 0.999. The van der Waals surface area contributed by atoms with Gasteiger partial charge in [-0.25, -0.2) is 4.98 Å². The van der Waals surface area contributed by atoms with Gasteiger partial charge < -0.3 is 20.0 Å². The van der Waals surface area contributed by atoms with Crippen molar-refractivity contribution in [3.05, 3.63) is 42.4 Å². The van der Waals surface area contributed by atoms with Crippen LogP contribution < -0.4 is 10.6 Å². The summed E-state index contributed by atoms with van der Waals surface area (Å²) in [5.74, 6) is 1.40. The molecule has 2 aromatic rings. The third-order valence-electron chi connectivity index (χ3n) is 4.36. The summed E-state index contributed by atoms with van der Waals surface area (Å²) in [6.45, 7) is 6.09. The summed E-state index contributed by atoms with van der Waals surface area (Å²) in [5, 5.41) is 6.32. The second-order valence-electron chi connectivity index (χ2n) is 6.28. The number of piperazine rings is 1. The van der Waals surface area contributed by atoms with Gasteiger partial charge in [-0.05, 0) is 13.0 Å². The molecule has 6 nitrogen and oxygen atoms in total. The van der Waals surface area contributed by atoms with Gasteiger partial charge in [-0.15, -0.1) is 0 Å². The highest BCUT2D eigenvalue weighted by atomic mass is 16.4. The van der Waals surface area contributed by atoms with Crippen LogP contribution in [0, 0.1) is 0 Å². The molecular formula is C19H26N4O2. The predicted molar refractivity (Wildman–Crippen MR) is 97.2 cm³/mol. The SMILES string of the molecule is O=C(CCc1ncc(-c2ccccc2)o1)NCCCN1CCNCC1. The number of benzene rings is 1. The predicted octanol–water partition coefficient (Wildman–Crippen LogP) is 1.69. The second kappa shape index (κ2) is 9.34. The summed E-state index contributed by atoms with van der Waals surface area (Å²) >= 11 is 0. The maximum atomic E-state index is 11.9. The lowest BCUT2D eigenvalue weighted by Crippen LogP contribution is -2.44. The normalized spacial score (nSPS) is 15.2.